The molecule has 0 radical (unpaired) electrons. The lowest BCUT2D eigenvalue weighted by molar-refractivity contribution is 0.513. The van der Waals surface area contributed by atoms with E-state index in [1.807, 2.05) is 26.0 Å². The SMILES string of the molecule is CC1(C)CC1(C#N)NS(=O)(=O)c1cncc(C#N)c1. The van der Waals surface area contributed by atoms with E-state index in [1.165, 1.54) is 12.3 Å². The third-order valence-corrected chi connectivity index (χ3v) is 4.85. The maximum Gasteiger partial charge on any atom is 0.243 e. The number of hydrogen-bond acceptors (Lipinski definition) is 5. The first-order valence-electron chi connectivity index (χ1n) is 5.57. The third kappa shape index (κ3) is 2.19. The molecule has 1 N–H and O–H groups in total. The monoisotopic (exact) mass is 276 g/mol. The molecule has 19 heavy (non-hydrogen) atoms. The number of sulfonamides is 1. The molecule has 2 rings (SSSR count). The molecule has 1 heterocycles. The van der Waals surface area contributed by atoms with E-state index in [-0.39, 0.29) is 10.5 Å². The van der Waals surface area contributed by atoms with Crippen molar-refractivity contribution in [3.8, 4) is 12.1 Å². The van der Waals surface area contributed by atoms with Crippen molar-refractivity contribution < 1.29 is 8.42 Å². The Morgan fingerprint density at radius 2 is 2.00 bits per heavy atom. The van der Waals surface area contributed by atoms with Crippen LogP contribution in [0.15, 0.2) is 23.4 Å². The van der Waals surface area contributed by atoms with Crippen LogP contribution in [-0.4, -0.2) is 18.9 Å². The number of aromatic nitrogens is 1. The van der Waals surface area contributed by atoms with Crippen LogP contribution in [0.3, 0.4) is 0 Å². The first-order chi connectivity index (χ1) is 8.76. The van der Waals surface area contributed by atoms with E-state index in [2.05, 4.69) is 9.71 Å². The van der Waals surface area contributed by atoms with Crippen molar-refractivity contribution in [2.24, 2.45) is 5.41 Å². The molecule has 1 aromatic rings. The van der Waals surface area contributed by atoms with Crippen molar-refractivity contribution in [3.63, 3.8) is 0 Å². The zero-order valence-corrected chi connectivity index (χ0v) is 11.3. The van der Waals surface area contributed by atoms with Gasteiger partial charge in [0.05, 0.1) is 11.6 Å². The lowest BCUT2D eigenvalue weighted by Gasteiger charge is -2.14. The summed E-state index contributed by atoms with van der Waals surface area (Å²) in [6.07, 6.45) is 2.89. The van der Waals surface area contributed by atoms with Crippen LogP contribution >= 0.6 is 0 Å². The van der Waals surface area contributed by atoms with E-state index in [4.69, 9.17) is 10.5 Å². The van der Waals surface area contributed by atoms with Crippen LogP contribution in [-0.2, 0) is 10.0 Å². The molecule has 1 fully saturated rings. The highest BCUT2D eigenvalue weighted by Crippen LogP contribution is 2.55. The van der Waals surface area contributed by atoms with Crippen LogP contribution < -0.4 is 4.72 Å². The Kier molecular flexibility index (Phi) is 2.85. The van der Waals surface area contributed by atoms with E-state index in [0.717, 1.165) is 6.20 Å². The summed E-state index contributed by atoms with van der Waals surface area (Å²) in [6, 6.07) is 5.08. The molecule has 1 saturated carbocycles. The van der Waals surface area contributed by atoms with E-state index in [1.54, 1.807) is 0 Å². The van der Waals surface area contributed by atoms with Crippen molar-refractivity contribution in [1.29, 1.82) is 10.5 Å². The Labute approximate surface area is 111 Å². The molecule has 7 heteroatoms. The topological polar surface area (TPSA) is 107 Å². The van der Waals surface area contributed by atoms with Crippen molar-refractivity contribution in [2.75, 3.05) is 0 Å². The van der Waals surface area contributed by atoms with Gasteiger partial charge in [0, 0.05) is 17.8 Å². The van der Waals surface area contributed by atoms with E-state index >= 15 is 0 Å². The average molecular weight is 276 g/mol. The molecule has 1 atom stereocenters. The van der Waals surface area contributed by atoms with Crippen LogP contribution in [0.1, 0.15) is 25.8 Å². The van der Waals surface area contributed by atoms with Gasteiger partial charge in [-0.15, -0.1) is 0 Å². The van der Waals surface area contributed by atoms with Crippen LogP contribution in [0, 0.1) is 28.1 Å². The van der Waals surface area contributed by atoms with Gasteiger partial charge in [0.25, 0.3) is 0 Å². The fraction of sp³-hybridized carbons (Fsp3) is 0.417. The van der Waals surface area contributed by atoms with Crippen LogP contribution in [0.4, 0.5) is 0 Å². The zero-order valence-electron chi connectivity index (χ0n) is 10.5. The maximum absolute atomic E-state index is 12.2. The summed E-state index contributed by atoms with van der Waals surface area (Å²) in [6.45, 7) is 3.64. The molecular formula is C12H12N4O2S. The van der Waals surface area contributed by atoms with Gasteiger partial charge in [-0.25, -0.2) is 8.42 Å². The van der Waals surface area contributed by atoms with Crippen molar-refractivity contribution in [1.82, 2.24) is 9.71 Å². The first kappa shape index (κ1) is 13.5. The average Bonchev–Trinajstić information content (AvgIpc) is 2.90. The van der Waals surface area contributed by atoms with Crippen LogP contribution in [0.5, 0.6) is 0 Å². The fourth-order valence-corrected chi connectivity index (χ4v) is 3.37. The highest BCUT2D eigenvalue weighted by molar-refractivity contribution is 7.89. The number of hydrogen-bond donors (Lipinski definition) is 1. The molecule has 0 amide bonds. The van der Waals surface area contributed by atoms with Gasteiger partial charge in [0.2, 0.25) is 10.0 Å². The number of rotatable bonds is 3. The van der Waals surface area contributed by atoms with E-state index in [9.17, 15) is 8.42 Å². The minimum absolute atomic E-state index is 0.108. The lowest BCUT2D eigenvalue weighted by atomic mass is 10.1. The number of nitriles is 2. The predicted molar refractivity (Wildman–Crippen MR) is 66.0 cm³/mol. The molecule has 0 spiro atoms. The number of nitrogens with zero attached hydrogens (tertiary/aromatic N) is 3. The maximum atomic E-state index is 12.2. The highest BCUT2D eigenvalue weighted by Gasteiger charge is 2.64. The smallest absolute Gasteiger partial charge is 0.243 e. The summed E-state index contributed by atoms with van der Waals surface area (Å²) in [4.78, 5) is 3.60. The van der Waals surface area contributed by atoms with Gasteiger partial charge in [-0.1, -0.05) is 13.8 Å². The molecule has 1 unspecified atom stereocenters. The summed E-state index contributed by atoms with van der Waals surface area (Å²) in [5.41, 5.74) is -1.31. The lowest BCUT2D eigenvalue weighted by Crippen LogP contribution is -2.39. The van der Waals surface area contributed by atoms with Gasteiger partial charge < -0.3 is 0 Å². The van der Waals surface area contributed by atoms with Crippen molar-refractivity contribution in [2.45, 2.75) is 30.7 Å². The molecule has 1 aliphatic carbocycles. The molecule has 0 bridgehead atoms. The molecule has 0 saturated heterocycles. The second-order valence-electron chi connectivity index (χ2n) is 5.20. The van der Waals surface area contributed by atoms with Crippen LogP contribution in [0.2, 0.25) is 0 Å². The fourth-order valence-electron chi connectivity index (χ4n) is 1.92. The Morgan fingerprint density at radius 3 is 2.47 bits per heavy atom. The van der Waals surface area contributed by atoms with Gasteiger partial charge in [-0.05, 0) is 12.5 Å². The molecular weight excluding hydrogens is 264 g/mol. The molecule has 98 valence electrons. The van der Waals surface area contributed by atoms with Crippen molar-refractivity contribution >= 4 is 10.0 Å². The summed E-state index contributed by atoms with van der Waals surface area (Å²) >= 11 is 0. The summed E-state index contributed by atoms with van der Waals surface area (Å²) < 4.78 is 26.8. The standard InChI is InChI=1S/C12H12N4O2S/c1-11(2)7-12(11,8-14)16-19(17,18)10-3-9(4-13)5-15-6-10/h3,5-6,16H,7H2,1-2H3. The minimum Gasteiger partial charge on any atom is -0.262 e. The van der Waals surface area contributed by atoms with Gasteiger partial charge in [0.15, 0.2) is 0 Å². The van der Waals surface area contributed by atoms with Gasteiger partial charge in [-0.2, -0.15) is 15.2 Å². The van der Waals surface area contributed by atoms with Crippen molar-refractivity contribution in [3.05, 3.63) is 24.0 Å². The zero-order chi connectivity index (χ0) is 14.3. The Hall–Kier alpha value is -1.96. The number of nitrogens with one attached hydrogen (secondary N) is 1. The summed E-state index contributed by atoms with van der Waals surface area (Å²) in [5.74, 6) is 0. The highest BCUT2D eigenvalue weighted by atomic mass is 32.2. The summed E-state index contributed by atoms with van der Waals surface area (Å²) in [7, 11) is -3.86. The Bertz CT molecular complexity index is 712. The van der Waals surface area contributed by atoms with E-state index in [0.29, 0.717) is 6.42 Å². The van der Waals surface area contributed by atoms with Gasteiger partial charge >= 0.3 is 0 Å². The third-order valence-electron chi connectivity index (χ3n) is 3.39. The number of pyridine rings is 1. The molecule has 0 aliphatic heterocycles. The second kappa shape index (κ2) is 4.02. The Morgan fingerprint density at radius 1 is 1.37 bits per heavy atom. The predicted octanol–water partition coefficient (Wildman–Crippen LogP) is 0.924. The van der Waals surface area contributed by atoms with Gasteiger partial charge in [0.1, 0.15) is 16.5 Å². The summed E-state index contributed by atoms with van der Waals surface area (Å²) in [5, 5.41) is 17.9. The molecule has 6 nitrogen and oxygen atoms in total. The normalized spacial score (nSPS) is 24.2. The van der Waals surface area contributed by atoms with E-state index < -0.39 is 21.0 Å². The minimum atomic E-state index is -3.86. The van der Waals surface area contributed by atoms with Crippen LogP contribution in [0.25, 0.3) is 0 Å². The van der Waals surface area contributed by atoms with Gasteiger partial charge in [-0.3, -0.25) is 4.98 Å². The quantitative estimate of drug-likeness (QED) is 0.883. The largest absolute Gasteiger partial charge is 0.262 e. The second-order valence-corrected chi connectivity index (χ2v) is 6.89. The first-order valence-corrected chi connectivity index (χ1v) is 7.05. The molecule has 1 aliphatic rings. The molecule has 0 aromatic carbocycles. The Balaban J connectivity index is 2.35. The molecule has 1 aromatic heterocycles.